The molecule has 94 valence electrons. The number of ether oxygens (including phenoxy) is 1. The summed E-state index contributed by atoms with van der Waals surface area (Å²) in [5.74, 6) is 0.0224. The maximum atomic E-state index is 13.4. The fourth-order valence-electron chi connectivity index (χ4n) is 1.71. The van der Waals surface area contributed by atoms with Gasteiger partial charge >= 0.3 is 5.69 Å². The van der Waals surface area contributed by atoms with E-state index < -0.39 is 36.9 Å². The molecule has 8 heteroatoms. The third-order valence-electron chi connectivity index (χ3n) is 2.59. The molecule has 1 aromatic rings. The fraction of sp³-hybridized carbons (Fsp3) is 0.556. The third-order valence-corrected chi connectivity index (χ3v) is 2.59. The number of halogens is 1. The van der Waals surface area contributed by atoms with E-state index in [-0.39, 0.29) is 5.82 Å². The smallest absolute Gasteiger partial charge is 0.351 e. The molecule has 1 saturated heterocycles. The maximum absolute atomic E-state index is 13.4. The van der Waals surface area contributed by atoms with Crippen LogP contribution in [0.3, 0.4) is 0 Å². The van der Waals surface area contributed by atoms with Crippen molar-refractivity contribution in [2.24, 2.45) is 0 Å². The molecule has 1 aromatic heterocycles. The van der Waals surface area contributed by atoms with Crippen molar-refractivity contribution in [2.75, 3.05) is 12.3 Å². The Hall–Kier alpha value is -1.51. The lowest BCUT2D eigenvalue weighted by Crippen LogP contribution is -2.34. The van der Waals surface area contributed by atoms with Crippen LogP contribution in [0.15, 0.2) is 17.1 Å². The quantitative estimate of drug-likeness (QED) is 0.579. The summed E-state index contributed by atoms with van der Waals surface area (Å²) in [6.45, 7) is -0.578. The van der Waals surface area contributed by atoms with Gasteiger partial charge in [0.2, 0.25) is 0 Å². The van der Waals surface area contributed by atoms with Gasteiger partial charge in [0, 0.05) is 6.20 Å². The highest BCUT2D eigenvalue weighted by molar-refractivity contribution is 5.23. The molecule has 4 N–H and O–H groups in total. The summed E-state index contributed by atoms with van der Waals surface area (Å²) < 4.78 is 19.4. The number of rotatable bonds is 2. The zero-order chi connectivity index (χ0) is 12.6. The van der Waals surface area contributed by atoms with Crippen molar-refractivity contribution in [3.05, 3.63) is 22.7 Å². The first-order chi connectivity index (χ1) is 8.04. The normalized spacial score (nSPS) is 32.9. The van der Waals surface area contributed by atoms with Gasteiger partial charge in [-0.3, -0.25) is 4.57 Å². The standard InChI is InChI=1S/C9H12FN3O4/c10-6-4(3-14)17-8(7(6)15)13-2-1-5(11)12-9(13)16/h1-2,4,6-8,14-15H,3H2,(H2,11,12,16)/t4-,6?,7+,8-/m1/s1. The van der Waals surface area contributed by atoms with Gasteiger partial charge in [0.25, 0.3) is 0 Å². The second-order valence-electron chi connectivity index (χ2n) is 3.72. The number of nitrogen functional groups attached to an aromatic ring is 1. The highest BCUT2D eigenvalue weighted by Gasteiger charge is 2.45. The summed E-state index contributed by atoms with van der Waals surface area (Å²) in [5, 5.41) is 18.4. The van der Waals surface area contributed by atoms with E-state index in [0.717, 1.165) is 4.57 Å². The highest BCUT2D eigenvalue weighted by Crippen LogP contribution is 2.30. The Balaban J connectivity index is 2.32. The molecule has 17 heavy (non-hydrogen) atoms. The van der Waals surface area contributed by atoms with E-state index >= 15 is 0 Å². The zero-order valence-electron chi connectivity index (χ0n) is 8.73. The molecule has 0 bridgehead atoms. The zero-order valence-corrected chi connectivity index (χ0v) is 8.73. The van der Waals surface area contributed by atoms with E-state index in [2.05, 4.69) is 4.98 Å². The van der Waals surface area contributed by atoms with E-state index in [4.69, 9.17) is 15.6 Å². The van der Waals surface area contributed by atoms with Crippen molar-refractivity contribution in [1.29, 1.82) is 0 Å². The predicted octanol–water partition coefficient (Wildman–Crippen LogP) is -1.59. The summed E-state index contributed by atoms with van der Waals surface area (Å²) >= 11 is 0. The van der Waals surface area contributed by atoms with Crippen molar-refractivity contribution in [2.45, 2.75) is 24.6 Å². The Bertz CT molecular complexity index is 466. The molecule has 0 aromatic carbocycles. The van der Waals surface area contributed by atoms with Crippen molar-refractivity contribution in [3.63, 3.8) is 0 Å². The first-order valence-electron chi connectivity index (χ1n) is 4.97. The molecule has 4 atom stereocenters. The molecule has 1 unspecified atom stereocenters. The van der Waals surface area contributed by atoms with Gasteiger partial charge < -0.3 is 20.7 Å². The molecule has 0 aliphatic carbocycles. The summed E-state index contributed by atoms with van der Waals surface area (Å²) in [6, 6.07) is 1.33. The average molecular weight is 245 g/mol. The van der Waals surface area contributed by atoms with Crippen LogP contribution in [0.4, 0.5) is 10.2 Å². The molecule has 1 aliphatic rings. The minimum atomic E-state index is -1.76. The highest BCUT2D eigenvalue weighted by atomic mass is 19.1. The van der Waals surface area contributed by atoms with Gasteiger partial charge in [-0.2, -0.15) is 4.98 Å². The van der Waals surface area contributed by atoms with E-state index in [1.54, 1.807) is 0 Å². The lowest BCUT2D eigenvalue weighted by Gasteiger charge is -2.16. The molecule has 2 heterocycles. The van der Waals surface area contributed by atoms with Gasteiger partial charge in [-0.15, -0.1) is 0 Å². The van der Waals surface area contributed by atoms with Crippen LogP contribution in [0.5, 0.6) is 0 Å². The van der Waals surface area contributed by atoms with Gasteiger partial charge in [-0.05, 0) is 6.07 Å². The number of nitrogens with zero attached hydrogens (tertiary/aromatic N) is 2. The van der Waals surface area contributed by atoms with Crippen LogP contribution in [-0.4, -0.2) is 44.8 Å². The van der Waals surface area contributed by atoms with Crippen LogP contribution >= 0.6 is 0 Å². The first-order valence-corrected chi connectivity index (χ1v) is 4.97. The molecule has 7 nitrogen and oxygen atoms in total. The number of hydrogen-bond acceptors (Lipinski definition) is 6. The Morgan fingerprint density at radius 3 is 2.88 bits per heavy atom. The first kappa shape index (κ1) is 12.0. The number of anilines is 1. The van der Waals surface area contributed by atoms with Crippen molar-refractivity contribution < 1.29 is 19.3 Å². The summed E-state index contributed by atoms with van der Waals surface area (Å²) in [7, 11) is 0. The Kier molecular flexibility index (Phi) is 3.09. The molecule has 1 fully saturated rings. The molecule has 2 rings (SSSR count). The van der Waals surface area contributed by atoms with Gasteiger partial charge in [-0.25, -0.2) is 9.18 Å². The summed E-state index contributed by atoms with van der Waals surface area (Å²) in [4.78, 5) is 14.9. The van der Waals surface area contributed by atoms with E-state index in [1.807, 2.05) is 0 Å². The van der Waals surface area contributed by atoms with Gasteiger partial charge in [0.05, 0.1) is 6.61 Å². The molecule has 0 saturated carbocycles. The van der Waals surface area contributed by atoms with E-state index in [9.17, 15) is 14.3 Å². The largest absolute Gasteiger partial charge is 0.394 e. The molecule has 0 spiro atoms. The van der Waals surface area contributed by atoms with Crippen LogP contribution in [0.1, 0.15) is 6.23 Å². The van der Waals surface area contributed by atoms with Crippen molar-refractivity contribution >= 4 is 5.82 Å². The lowest BCUT2D eigenvalue weighted by atomic mass is 10.1. The minimum absolute atomic E-state index is 0.0224. The van der Waals surface area contributed by atoms with Crippen molar-refractivity contribution in [3.8, 4) is 0 Å². The number of hydrogen-bond donors (Lipinski definition) is 3. The SMILES string of the molecule is Nc1ccn([C@@H]2O[C@H](CO)C(F)[C@@H]2O)c(=O)n1. The number of aromatic nitrogens is 2. The van der Waals surface area contributed by atoms with E-state index in [1.165, 1.54) is 12.3 Å². The van der Waals surface area contributed by atoms with Crippen LogP contribution in [0, 0.1) is 0 Å². The van der Waals surface area contributed by atoms with Crippen LogP contribution in [-0.2, 0) is 4.74 Å². The van der Waals surface area contributed by atoms with Gasteiger partial charge in [0.1, 0.15) is 18.0 Å². The predicted molar refractivity (Wildman–Crippen MR) is 54.8 cm³/mol. The molecular formula is C9H12FN3O4. The number of aliphatic hydroxyl groups is 2. The second-order valence-corrected chi connectivity index (χ2v) is 3.72. The average Bonchev–Trinajstić information content (AvgIpc) is 2.57. The Morgan fingerprint density at radius 2 is 2.35 bits per heavy atom. The van der Waals surface area contributed by atoms with E-state index in [0.29, 0.717) is 0 Å². The van der Waals surface area contributed by atoms with Crippen LogP contribution < -0.4 is 11.4 Å². The van der Waals surface area contributed by atoms with Crippen LogP contribution in [0.2, 0.25) is 0 Å². The lowest BCUT2D eigenvalue weighted by molar-refractivity contribution is -0.0536. The Labute approximate surface area is 95.3 Å². The Morgan fingerprint density at radius 1 is 1.65 bits per heavy atom. The minimum Gasteiger partial charge on any atom is -0.394 e. The fourth-order valence-corrected chi connectivity index (χ4v) is 1.71. The van der Waals surface area contributed by atoms with Gasteiger partial charge in [-0.1, -0.05) is 0 Å². The number of aliphatic hydroxyl groups excluding tert-OH is 2. The number of nitrogens with two attached hydrogens (primary N) is 1. The molecule has 0 amide bonds. The molecule has 1 aliphatic heterocycles. The topological polar surface area (TPSA) is 111 Å². The second kappa shape index (κ2) is 4.40. The molecule has 0 radical (unpaired) electrons. The monoisotopic (exact) mass is 245 g/mol. The van der Waals surface area contributed by atoms with Crippen molar-refractivity contribution in [1.82, 2.24) is 9.55 Å². The van der Waals surface area contributed by atoms with Gasteiger partial charge in [0.15, 0.2) is 12.4 Å². The maximum Gasteiger partial charge on any atom is 0.351 e. The summed E-state index contributed by atoms with van der Waals surface area (Å²) in [6.07, 6.45) is -4.39. The van der Waals surface area contributed by atoms with Crippen LogP contribution in [0.25, 0.3) is 0 Å². The number of alkyl halides is 1. The molecular weight excluding hydrogens is 233 g/mol. The third kappa shape index (κ3) is 2.02. The summed E-state index contributed by atoms with van der Waals surface area (Å²) in [5.41, 5.74) is 4.55.